The Balaban J connectivity index is 1.41. The molecule has 1 aliphatic rings. The van der Waals surface area contributed by atoms with Crippen LogP contribution < -0.4 is 9.47 Å². The Kier molecular flexibility index (Phi) is 8.98. The largest absolute Gasteiger partial charge is 0.335 e. The highest BCUT2D eigenvalue weighted by molar-refractivity contribution is 8.04. The van der Waals surface area contributed by atoms with Gasteiger partial charge in [0.25, 0.3) is 15.1 Å². The summed E-state index contributed by atoms with van der Waals surface area (Å²) in [7, 11) is -4.08. The third-order valence-electron chi connectivity index (χ3n) is 6.80. The Morgan fingerprint density at radius 3 is 2.33 bits per heavy atom. The third kappa shape index (κ3) is 6.73. The summed E-state index contributed by atoms with van der Waals surface area (Å²) in [5.41, 5.74) is 4.31. The van der Waals surface area contributed by atoms with Gasteiger partial charge in [-0.25, -0.2) is 4.21 Å². The Bertz CT molecular complexity index is 1880. The number of aryl methyl sites for hydroxylation is 1. The molecule has 0 fully saturated rings. The first-order valence-electron chi connectivity index (χ1n) is 13.1. The summed E-state index contributed by atoms with van der Waals surface area (Å²) in [5, 5.41) is 6.07. The molecule has 0 amide bonds. The summed E-state index contributed by atoms with van der Waals surface area (Å²) in [6.45, 7) is 1.01. The van der Waals surface area contributed by atoms with Crippen molar-refractivity contribution in [3.05, 3.63) is 81.5 Å². The average Bonchev–Trinajstić information content (AvgIpc) is 3.75. The van der Waals surface area contributed by atoms with Crippen molar-refractivity contribution in [3.63, 3.8) is 0 Å². The van der Waals surface area contributed by atoms with Crippen molar-refractivity contribution in [1.29, 1.82) is 0 Å². The van der Waals surface area contributed by atoms with E-state index in [9.17, 15) is 21.7 Å². The maximum Gasteiger partial charge on any atom is 0.265 e. The van der Waals surface area contributed by atoms with Crippen molar-refractivity contribution in [1.82, 2.24) is 0 Å². The van der Waals surface area contributed by atoms with Crippen LogP contribution in [0.3, 0.4) is 0 Å². The van der Waals surface area contributed by atoms with Crippen LogP contribution in [-0.2, 0) is 27.7 Å². The maximum absolute atomic E-state index is 11.5. The number of thioether (sulfide) groups is 1. The summed E-state index contributed by atoms with van der Waals surface area (Å²) < 4.78 is 56.5. The second-order valence-electron chi connectivity index (χ2n) is 9.67. The minimum Gasteiger partial charge on any atom is -0.335 e. The number of nitrogens with zero attached hydrogens (tertiary/aromatic N) is 2. The van der Waals surface area contributed by atoms with Crippen LogP contribution in [0.5, 0.6) is 0 Å². The quantitative estimate of drug-likeness (QED) is 0.0853. The van der Waals surface area contributed by atoms with E-state index in [2.05, 4.69) is 69.5 Å². The van der Waals surface area contributed by atoms with Crippen molar-refractivity contribution >= 4 is 89.0 Å². The first kappa shape index (κ1) is 29.7. The molecule has 6 rings (SSSR count). The van der Waals surface area contributed by atoms with Crippen LogP contribution in [0.4, 0.5) is 5.69 Å². The predicted octanol–water partition coefficient (Wildman–Crippen LogP) is 7.45. The van der Waals surface area contributed by atoms with E-state index in [0.717, 1.165) is 46.8 Å². The second-order valence-corrected chi connectivity index (χ2v) is 16.3. The number of rotatable bonds is 11. The Morgan fingerprint density at radius 1 is 0.952 bits per heavy atom. The van der Waals surface area contributed by atoms with Gasteiger partial charge in [-0.15, -0.1) is 22.7 Å². The molecule has 1 atom stereocenters. The molecule has 1 aliphatic heterocycles. The van der Waals surface area contributed by atoms with Crippen LogP contribution in [0.1, 0.15) is 17.8 Å². The zero-order valence-corrected chi connectivity index (χ0v) is 27.1. The third-order valence-corrected chi connectivity index (χ3v) is 12.3. The number of fused-ring (bicyclic) bond motifs is 2. The van der Waals surface area contributed by atoms with Crippen LogP contribution in [0.25, 0.3) is 37.2 Å². The van der Waals surface area contributed by atoms with Crippen LogP contribution in [-0.4, -0.2) is 39.8 Å². The molecule has 0 saturated heterocycles. The smallest absolute Gasteiger partial charge is 0.265 e. The highest BCUT2D eigenvalue weighted by atomic mass is 32.2. The summed E-state index contributed by atoms with van der Waals surface area (Å²) in [5.74, 6) is -0.119. The van der Waals surface area contributed by atoms with E-state index in [1.165, 1.54) is 4.88 Å². The van der Waals surface area contributed by atoms with Crippen LogP contribution in [0, 0.1) is 0 Å². The molecule has 0 aliphatic carbocycles. The van der Waals surface area contributed by atoms with Gasteiger partial charge >= 0.3 is 0 Å². The SMILES string of the molecule is O=S(O)CCCN1/C(=C/c2sc3ccc(-c4cccs4)cc3[n+]2CCCS(=O)(=O)O)Sc2ccc(-c3cccs3)cc21. The minimum atomic E-state index is -4.08. The lowest BCUT2D eigenvalue weighted by atomic mass is 10.1. The molecule has 1 unspecified atom stereocenters. The number of hydrogen-bond donors (Lipinski definition) is 2. The molecule has 0 spiro atoms. The number of hydrogen-bond acceptors (Lipinski definition) is 8. The van der Waals surface area contributed by atoms with Crippen LogP contribution >= 0.6 is 45.8 Å². The van der Waals surface area contributed by atoms with Gasteiger partial charge in [0.2, 0.25) is 5.52 Å². The molecule has 13 heteroatoms. The Labute approximate surface area is 263 Å². The lowest BCUT2D eigenvalue weighted by molar-refractivity contribution is -0.668. The van der Waals surface area contributed by atoms with Crippen LogP contribution in [0.15, 0.2) is 81.3 Å². The molecule has 42 heavy (non-hydrogen) atoms. The summed E-state index contributed by atoms with van der Waals surface area (Å²) >= 11 is 4.79. The molecule has 5 aromatic rings. The fourth-order valence-corrected chi connectivity index (χ4v) is 9.53. The van der Waals surface area contributed by atoms with E-state index in [0.29, 0.717) is 19.5 Å². The normalized spacial score (nSPS) is 15.1. The molecule has 2 N–H and O–H groups in total. The number of anilines is 1. The molecular weight excluding hydrogens is 649 g/mol. The van der Waals surface area contributed by atoms with Gasteiger partial charge in [0.05, 0.1) is 28.3 Å². The molecule has 0 saturated carbocycles. The van der Waals surface area contributed by atoms with Gasteiger partial charge in [-0.3, -0.25) is 4.55 Å². The Hall–Kier alpha value is -2.36. The predicted molar refractivity (Wildman–Crippen MR) is 178 cm³/mol. The Morgan fingerprint density at radius 2 is 1.67 bits per heavy atom. The van der Waals surface area contributed by atoms with Gasteiger partial charge in [0.15, 0.2) is 17.6 Å². The molecule has 218 valence electrons. The van der Waals surface area contributed by atoms with E-state index in [1.54, 1.807) is 45.8 Å². The number of thiophene rings is 2. The topological polar surface area (TPSA) is 98.8 Å². The van der Waals surface area contributed by atoms with E-state index in [1.807, 2.05) is 17.5 Å². The number of aromatic nitrogens is 1. The van der Waals surface area contributed by atoms with Gasteiger partial charge < -0.3 is 9.45 Å². The van der Waals surface area contributed by atoms with Crippen molar-refractivity contribution < 1.29 is 26.3 Å². The van der Waals surface area contributed by atoms with Crippen molar-refractivity contribution in [2.24, 2.45) is 0 Å². The number of thiazole rings is 1. The van der Waals surface area contributed by atoms with E-state index >= 15 is 0 Å². The lowest BCUT2D eigenvalue weighted by Crippen LogP contribution is -2.36. The van der Waals surface area contributed by atoms with E-state index in [4.69, 9.17) is 0 Å². The average molecular weight is 676 g/mol. The molecule has 4 heterocycles. The lowest BCUT2D eigenvalue weighted by Gasteiger charge is -2.20. The molecule has 2 aromatic carbocycles. The first-order valence-corrected chi connectivity index (χ1v) is 19.4. The molecule has 3 aromatic heterocycles. The fourth-order valence-electron chi connectivity index (χ4n) is 4.93. The van der Waals surface area contributed by atoms with Crippen molar-refractivity contribution in [2.45, 2.75) is 24.3 Å². The minimum absolute atomic E-state index is 0.193. The van der Waals surface area contributed by atoms with E-state index in [-0.39, 0.29) is 17.9 Å². The summed E-state index contributed by atoms with van der Waals surface area (Å²) in [6, 6.07) is 21.0. The zero-order valence-electron chi connectivity index (χ0n) is 22.2. The van der Waals surface area contributed by atoms with Crippen molar-refractivity contribution in [3.8, 4) is 20.9 Å². The van der Waals surface area contributed by atoms with Crippen LogP contribution in [0.2, 0.25) is 0 Å². The maximum atomic E-state index is 11.5. The fraction of sp³-hybridized carbons (Fsp3) is 0.207. The van der Waals surface area contributed by atoms with E-state index < -0.39 is 21.2 Å². The highest BCUT2D eigenvalue weighted by Crippen LogP contribution is 2.48. The summed E-state index contributed by atoms with van der Waals surface area (Å²) in [4.78, 5) is 5.67. The standard InChI is InChI=1S/C29H26N2O5S6/c32-41(33)15-3-11-30-22-17-20(24-5-1-13-37-24)7-9-26(22)39-28(30)19-29-31(12-4-16-42(34,35)36)23-18-21(8-10-27(23)40-29)25-6-2-14-38-25/h1-2,5-10,13-14,17-19H,3-4,11-12,15-16H2,(H-,32,33,34,35,36)/p+1. The molecule has 7 nitrogen and oxygen atoms in total. The highest BCUT2D eigenvalue weighted by Gasteiger charge is 2.29. The van der Waals surface area contributed by atoms with Gasteiger partial charge in [0.1, 0.15) is 4.70 Å². The monoisotopic (exact) mass is 675 g/mol. The zero-order chi connectivity index (χ0) is 29.3. The first-order chi connectivity index (χ1) is 20.2. The van der Waals surface area contributed by atoms with Gasteiger partial charge in [-0.1, -0.05) is 47.4 Å². The summed E-state index contributed by atoms with van der Waals surface area (Å²) in [6.07, 6.45) is 2.96. The number of benzene rings is 2. The van der Waals surface area contributed by atoms with Crippen molar-refractivity contribution in [2.75, 3.05) is 23.0 Å². The van der Waals surface area contributed by atoms with Gasteiger partial charge in [0, 0.05) is 33.7 Å². The second kappa shape index (κ2) is 12.7. The molecular formula is C29H27N2O5S6+. The molecule has 0 bridgehead atoms. The van der Waals surface area contributed by atoms with Gasteiger partial charge in [-0.05, 0) is 58.6 Å². The van der Waals surface area contributed by atoms with Gasteiger partial charge in [-0.2, -0.15) is 13.0 Å². The molecule has 0 radical (unpaired) electrons.